The van der Waals surface area contributed by atoms with Crippen LogP contribution in [0, 0.1) is 5.82 Å². The lowest BCUT2D eigenvalue weighted by Crippen LogP contribution is -1.92. The Balaban J connectivity index is 2.58. The maximum absolute atomic E-state index is 13.0. The Morgan fingerprint density at radius 1 is 1.12 bits per heavy atom. The number of anilines is 1. The molecule has 16 heavy (non-hydrogen) atoms. The Morgan fingerprint density at radius 2 is 1.88 bits per heavy atom. The van der Waals surface area contributed by atoms with Crippen LogP contribution in [0.1, 0.15) is 10.4 Å². The van der Waals surface area contributed by atoms with E-state index in [9.17, 15) is 9.18 Å². The van der Waals surface area contributed by atoms with E-state index < -0.39 is 5.82 Å². The van der Waals surface area contributed by atoms with Gasteiger partial charge < -0.3 is 5.73 Å². The number of halogens is 1. The van der Waals surface area contributed by atoms with E-state index in [1.54, 1.807) is 24.3 Å². The molecule has 0 spiro atoms. The van der Waals surface area contributed by atoms with Crippen molar-refractivity contribution in [2.45, 2.75) is 0 Å². The molecule has 0 amide bonds. The molecule has 0 heterocycles. The lowest BCUT2D eigenvalue weighted by molar-refractivity contribution is 0.112. The van der Waals surface area contributed by atoms with Crippen LogP contribution >= 0.6 is 0 Å². The molecule has 2 N–H and O–H groups in total. The average molecular weight is 215 g/mol. The van der Waals surface area contributed by atoms with E-state index in [4.69, 9.17) is 5.73 Å². The molecule has 0 fully saturated rings. The van der Waals surface area contributed by atoms with Gasteiger partial charge in [0.25, 0.3) is 0 Å². The minimum atomic E-state index is -0.452. The Hall–Kier alpha value is -2.16. The highest BCUT2D eigenvalue weighted by Gasteiger charge is 2.05. The van der Waals surface area contributed by atoms with Gasteiger partial charge in [-0.25, -0.2) is 4.39 Å². The molecule has 0 radical (unpaired) electrons. The van der Waals surface area contributed by atoms with Crippen LogP contribution in [0.15, 0.2) is 42.5 Å². The summed E-state index contributed by atoms with van der Waals surface area (Å²) in [5.41, 5.74) is 7.62. The molecule has 0 atom stereocenters. The molecule has 0 aliphatic rings. The topological polar surface area (TPSA) is 43.1 Å². The molecule has 0 aromatic heterocycles. The van der Waals surface area contributed by atoms with E-state index in [0.29, 0.717) is 5.56 Å². The number of benzene rings is 2. The molecule has 2 nitrogen and oxygen atoms in total. The van der Waals surface area contributed by atoms with Gasteiger partial charge in [0.15, 0.2) is 6.29 Å². The van der Waals surface area contributed by atoms with Crippen molar-refractivity contribution < 1.29 is 9.18 Å². The summed E-state index contributed by atoms with van der Waals surface area (Å²) in [6, 6.07) is 11.5. The van der Waals surface area contributed by atoms with Crippen LogP contribution in [0.4, 0.5) is 10.1 Å². The Bertz CT molecular complexity index is 537. The number of nitrogen functional groups attached to an aromatic ring is 1. The second kappa shape index (κ2) is 4.14. The second-order valence-corrected chi connectivity index (χ2v) is 3.44. The molecule has 2 rings (SSSR count). The van der Waals surface area contributed by atoms with Gasteiger partial charge in [0.05, 0.1) is 5.69 Å². The first-order valence-corrected chi connectivity index (χ1v) is 4.82. The van der Waals surface area contributed by atoms with Gasteiger partial charge in [-0.15, -0.1) is 0 Å². The molecule has 0 aliphatic carbocycles. The fourth-order valence-corrected chi connectivity index (χ4v) is 1.57. The van der Waals surface area contributed by atoms with Gasteiger partial charge in [-0.2, -0.15) is 0 Å². The van der Waals surface area contributed by atoms with Crippen molar-refractivity contribution in [2.75, 3.05) is 5.73 Å². The fourth-order valence-electron chi connectivity index (χ4n) is 1.57. The molecule has 2 aromatic rings. The minimum absolute atomic E-state index is 0.0817. The number of rotatable bonds is 2. The summed E-state index contributed by atoms with van der Waals surface area (Å²) in [4.78, 5) is 10.8. The van der Waals surface area contributed by atoms with Gasteiger partial charge >= 0.3 is 0 Å². The third kappa shape index (κ3) is 1.80. The Labute approximate surface area is 92.5 Å². The first-order chi connectivity index (χ1) is 7.72. The van der Waals surface area contributed by atoms with Gasteiger partial charge in [-0.05, 0) is 23.3 Å². The normalized spacial score (nSPS) is 10.1. The summed E-state index contributed by atoms with van der Waals surface area (Å²) in [5.74, 6) is -0.452. The molecule has 0 aliphatic heterocycles. The van der Waals surface area contributed by atoms with E-state index in [-0.39, 0.29) is 5.69 Å². The lowest BCUT2D eigenvalue weighted by atomic mass is 10.00. The van der Waals surface area contributed by atoms with Crippen LogP contribution in [0.25, 0.3) is 11.1 Å². The predicted molar refractivity (Wildman–Crippen MR) is 61.6 cm³/mol. The molecule has 0 bridgehead atoms. The van der Waals surface area contributed by atoms with Gasteiger partial charge in [-0.3, -0.25) is 4.79 Å². The van der Waals surface area contributed by atoms with Gasteiger partial charge in [-0.1, -0.05) is 30.3 Å². The van der Waals surface area contributed by atoms with Crippen LogP contribution in [0.2, 0.25) is 0 Å². The van der Waals surface area contributed by atoms with Crippen molar-refractivity contribution in [3.05, 3.63) is 53.8 Å². The van der Waals surface area contributed by atoms with Crippen molar-refractivity contribution >= 4 is 12.0 Å². The first-order valence-electron chi connectivity index (χ1n) is 4.82. The summed E-state index contributed by atoms with van der Waals surface area (Å²) in [6.07, 6.45) is 0.773. The molecular formula is C13H10FNO. The smallest absolute Gasteiger partial charge is 0.150 e. The predicted octanol–water partition coefficient (Wildman–Crippen LogP) is 2.89. The van der Waals surface area contributed by atoms with Crippen LogP contribution in [0.5, 0.6) is 0 Å². The van der Waals surface area contributed by atoms with E-state index in [1.807, 2.05) is 6.07 Å². The molecule has 2 aromatic carbocycles. The molecule has 0 unspecified atom stereocenters. The summed E-state index contributed by atoms with van der Waals surface area (Å²) < 4.78 is 13.0. The van der Waals surface area contributed by atoms with E-state index in [1.165, 1.54) is 12.1 Å². The second-order valence-electron chi connectivity index (χ2n) is 3.44. The lowest BCUT2D eigenvalue weighted by Gasteiger charge is -2.06. The SMILES string of the molecule is Nc1cc(-c2ccccc2C=O)ccc1F. The maximum Gasteiger partial charge on any atom is 0.150 e. The monoisotopic (exact) mass is 215 g/mol. The number of aldehydes is 1. The van der Waals surface area contributed by atoms with Crippen molar-refractivity contribution in [3.63, 3.8) is 0 Å². The molecular weight excluding hydrogens is 205 g/mol. The summed E-state index contributed by atoms with van der Waals surface area (Å²) in [6.45, 7) is 0. The highest BCUT2D eigenvalue weighted by molar-refractivity contribution is 5.88. The van der Waals surface area contributed by atoms with Crippen LogP contribution in [-0.4, -0.2) is 6.29 Å². The highest BCUT2D eigenvalue weighted by atomic mass is 19.1. The molecule has 0 saturated carbocycles. The number of hydrogen-bond donors (Lipinski definition) is 1. The van der Waals surface area contributed by atoms with Gasteiger partial charge in [0, 0.05) is 5.56 Å². The van der Waals surface area contributed by atoms with Gasteiger partial charge in [0.2, 0.25) is 0 Å². The first kappa shape index (κ1) is 10.4. The summed E-state index contributed by atoms with van der Waals surface area (Å²) in [7, 11) is 0. The third-order valence-electron chi connectivity index (χ3n) is 2.39. The van der Waals surface area contributed by atoms with E-state index in [2.05, 4.69) is 0 Å². The standard InChI is InChI=1S/C13H10FNO/c14-12-6-5-9(7-13(12)15)11-4-2-1-3-10(11)8-16/h1-8H,15H2. The largest absolute Gasteiger partial charge is 0.396 e. The van der Waals surface area contributed by atoms with Crippen LogP contribution in [0.3, 0.4) is 0 Å². The fraction of sp³-hybridized carbons (Fsp3) is 0. The molecule has 0 saturated heterocycles. The zero-order valence-corrected chi connectivity index (χ0v) is 8.48. The number of carbonyl (C=O) groups is 1. The zero-order chi connectivity index (χ0) is 11.5. The minimum Gasteiger partial charge on any atom is -0.396 e. The van der Waals surface area contributed by atoms with Crippen molar-refractivity contribution in [3.8, 4) is 11.1 Å². The summed E-state index contributed by atoms with van der Waals surface area (Å²) >= 11 is 0. The number of nitrogens with two attached hydrogens (primary N) is 1. The average Bonchev–Trinajstić information content (AvgIpc) is 2.32. The van der Waals surface area contributed by atoms with Crippen LogP contribution in [-0.2, 0) is 0 Å². The van der Waals surface area contributed by atoms with Crippen molar-refractivity contribution in [1.82, 2.24) is 0 Å². The zero-order valence-electron chi connectivity index (χ0n) is 8.48. The van der Waals surface area contributed by atoms with E-state index >= 15 is 0 Å². The highest BCUT2D eigenvalue weighted by Crippen LogP contribution is 2.25. The third-order valence-corrected chi connectivity index (χ3v) is 2.39. The van der Waals surface area contributed by atoms with Crippen molar-refractivity contribution in [2.24, 2.45) is 0 Å². The quantitative estimate of drug-likeness (QED) is 0.618. The van der Waals surface area contributed by atoms with Crippen molar-refractivity contribution in [1.29, 1.82) is 0 Å². The number of hydrogen-bond acceptors (Lipinski definition) is 2. The maximum atomic E-state index is 13.0. The Morgan fingerprint density at radius 3 is 2.56 bits per heavy atom. The molecule has 80 valence electrons. The number of carbonyl (C=O) groups excluding carboxylic acids is 1. The summed E-state index contributed by atoms with van der Waals surface area (Å²) in [5, 5.41) is 0. The van der Waals surface area contributed by atoms with Crippen LogP contribution < -0.4 is 5.73 Å². The molecule has 3 heteroatoms. The van der Waals surface area contributed by atoms with E-state index in [0.717, 1.165) is 17.4 Å². The van der Waals surface area contributed by atoms with Gasteiger partial charge in [0.1, 0.15) is 5.82 Å². The Kier molecular flexibility index (Phi) is 2.68.